The first-order valence-corrected chi connectivity index (χ1v) is 11.7. The first-order valence-electron chi connectivity index (χ1n) is 11.7. The average molecular weight is 472 g/mol. The summed E-state index contributed by atoms with van der Waals surface area (Å²) in [5.74, 6) is -1.96. The Morgan fingerprint density at radius 1 is 1.24 bits per heavy atom. The maximum absolute atomic E-state index is 13.1. The summed E-state index contributed by atoms with van der Waals surface area (Å²) in [6, 6.07) is 2.51. The number of aromatic amines is 1. The zero-order valence-corrected chi connectivity index (χ0v) is 20.4. The summed E-state index contributed by atoms with van der Waals surface area (Å²) >= 11 is 0. The molecule has 1 aliphatic rings. The van der Waals surface area contributed by atoms with Crippen LogP contribution in [0.3, 0.4) is 0 Å². The molecule has 1 atom stereocenters. The van der Waals surface area contributed by atoms with Crippen LogP contribution in [0.15, 0.2) is 28.4 Å². The number of hydrogen-bond acceptors (Lipinski definition) is 7. The lowest BCUT2D eigenvalue weighted by Gasteiger charge is -2.25. The van der Waals surface area contributed by atoms with Crippen molar-refractivity contribution in [2.24, 2.45) is 0 Å². The number of ketones is 1. The number of furan rings is 1. The molecule has 0 aliphatic carbocycles. The second-order valence-corrected chi connectivity index (χ2v) is 8.23. The lowest BCUT2D eigenvalue weighted by atomic mass is 9.97. The van der Waals surface area contributed by atoms with Crippen molar-refractivity contribution in [3.63, 3.8) is 0 Å². The molecule has 0 radical (unpaired) electrons. The Bertz CT molecular complexity index is 1080. The van der Waals surface area contributed by atoms with Crippen LogP contribution >= 0.6 is 0 Å². The van der Waals surface area contributed by atoms with Gasteiger partial charge in [0.05, 0.1) is 18.4 Å². The second-order valence-electron chi connectivity index (χ2n) is 8.23. The molecular weight excluding hydrogens is 438 g/mol. The summed E-state index contributed by atoms with van der Waals surface area (Å²) in [6.07, 6.45) is 2.14. The SMILES string of the molecule is CCOC(=O)c1[nH]c(C)c(/C(O)=C2\C(=O)C(=O)N(CCCN(CC)CC)C2c2ccco2)c1C. The number of carbonyl (C=O) groups is 3. The quantitative estimate of drug-likeness (QED) is 0.236. The van der Waals surface area contributed by atoms with Crippen molar-refractivity contribution >= 4 is 23.4 Å². The molecule has 2 aromatic heterocycles. The van der Waals surface area contributed by atoms with Crippen molar-refractivity contribution in [1.82, 2.24) is 14.8 Å². The number of aryl methyl sites for hydroxylation is 1. The van der Waals surface area contributed by atoms with Crippen LogP contribution in [0.4, 0.5) is 0 Å². The number of likely N-dealkylation sites (tertiary alicyclic amines) is 1. The number of amides is 1. The van der Waals surface area contributed by atoms with Crippen LogP contribution in [0.1, 0.15) is 66.3 Å². The van der Waals surface area contributed by atoms with Crippen LogP contribution in [0, 0.1) is 13.8 Å². The van der Waals surface area contributed by atoms with E-state index in [1.54, 1.807) is 32.9 Å². The highest BCUT2D eigenvalue weighted by Crippen LogP contribution is 2.41. The number of hydrogen-bond donors (Lipinski definition) is 2. The van der Waals surface area contributed by atoms with Gasteiger partial charge in [0, 0.05) is 17.8 Å². The number of aliphatic hydroxyl groups excluding tert-OH is 1. The van der Waals surface area contributed by atoms with Crippen LogP contribution in [0.25, 0.3) is 5.76 Å². The van der Waals surface area contributed by atoms with Gasteiger partial charge in [0.2, 0.25) is 0 Å². The van der Waals surface area contributed by atoms with Crippen LogP contribution in [0.2, 0.25) is 0 Å². The summed E-state index contributed by atoms with van der Waals surface area (Å²) in [7, 11) is 0. The largest absolute Gasteiger partial charge is 0.507 e. The Morgan fingerprint density at radius 2 is 1.94 bits per heavy atom. The molecule has 3 heterocycles. The van der Waals surface area contributed by atoms with Crippen LogP contribution in [0.5, 0.6) is 0 Å². The highest BCUT2D eigenvalue weighted by atomic mass is 16.5. The standard InChI is InChI=1S/C25H33N3O6/c1-6-27(7-2)12-10-13-28-21(17-11-9-14-34-17)19(23(30)24(28)31)22(29)18-15(4)20(26-16(18)5)25(32)33-8-3/h9,11,14,21,26,29H,6-8,10,12-13H2,1-5H3/b22-19+. The van der Waals surface area contributed by atoms with Crippen molar-refractivity contribution in [1.29, 1.82) is 0 Å². The molecule has 9 heteroatoms. The van der Waals surface area contributed by atoms with Crippen molar-refractivity contribution in [2.75, 3.05) is 32.8 Å². The lowest BCUT2D eigenvalue weighted by molar-refractivity contribution is -0.140. The summed E-state index contributed by atoms with van der Waals surface area (Å²) in [4.78, 5) is 45.1. The molecule has 9 nitrogen and oxygen atoms in total. The zero-order valence-electron chi connectivity index (χ0n) is 20.4. The topological polar surface area (TPSA) is 116 Å². The van der Waals surface area contributed by atoms with Crippen LogP contribution in [-0.4, -0.2) is 70.3 Å². The summed E-state index contributed by atoms with van der Waals surface area (Å²) in [5, 5.41) is 11.3. The highest BCUT2D eigenvalue weighted by molar-refractivity contribution is 6.46. The number of ether oxygens (including phenoxy) is 1. The molecule has 1 fully saturated rings. The van der Waals surface area contributed by atoms with Crippen molar-refractivity contribution in [2.45, 2.75) is 47.1 Å². The fourth-order valence-electron chi connectivity index (χ4n) is 4.51. The van der Waals surface area contributed by atoms with E-state index in [0.717, 1.165) is 19.6 Å². The van der Waals surface area contributed by atoms with Crippen LogP contribution < -0.4 is 0 Å². The van der Waals surface area contributed by atoms with E-state index in [2.05, 4.69) is 23.7 Å². The molecular formula is C25H33N3O6. The Balaban J connectivity index is 2.05. The summed E-state index contributed by atoms with van der Waals surface area (Å²) in [5.41, 5.74) is 1.39. The molecule has 3 rings (SSSR count). The molecule has 1 amide bonds. The van der Waals surface area contributed by atoms with Crippen molar-refractivity contribution < 1.29 is 28.6 Å². The minimum absolute atomic E-state index is 0.0524. The minimum Gasteiger partial charge on any atom is -0.507 e. The van der Waals surface area contributed by atoms with Gasteiger partial charge in [-0.1, -0.05) is 13.8 Å². The molecule has 2 aromatic rings. The van der Waals surface area contributed by atoms with E-state index < -0.39 is 23.7 Å². The van der Waals surface area contributed by atoms with Gasteiger partial charge in [-0.15, -0.1) is 0 Å². The fraction of sp³-hybridized carbons (Fsp3) is 0.480. The van der Waals surface area contributed by atoms with Gasteiger partial charge < -0.3 is 29.0 Å². The number of rotatable bonds is 10. The van der Waals surface area contributed by atoms with E-state index in [9.17, 15) is 19.5 Å². The third-order valence-electron chi connectivity index (χ3n) is 6.27. The van der Waals surface area contributed by atoms with E-state index >= 15 is 0 Å². The minimum atomic E-state index is -0.855. The van der Waals surface area contributed by atoms with E-state index in [-0.39, 0.29) is 23.6 Å². The van der Waals surface area contributed by atoms with Crippen molar-refractivity contribution in [3.05, 3.63) is 52.2 Å². The number of Topliss-reactive ketones (excluding diaryl/α,β-unsaturated/α-hetero) is 1. The number of aromatic nitrogens is 1. The summed E-state index contributed by atoms with van der Waals surface area (Å²) in [6.45, 7) is 12.3. The number of aliphatic hydroxyl groups is 1. The van der Waals surface area contributed by atoms with Gasteiger partial charge in [0.25, 0.3) is 11.7 Å². The number of carbonyl (C=O) groups excluding carboxylic acids is 3. The Labute approximate surface area is 199 Å². The predicted molar refractivity (Wildman–Crippen MR) is 126 cm³/mol. The van der Waals surface area contributed by atoms with Crippen LogP contribution in [-0.2, 0) is 14.3 Å². The zero-order chi connectivity index (χ0) is 25.0. The molecule has 0 aromatic carbocycles. The molecule has 1 aliphatic heterocycles. The van der Waals surface area contributed by atoms with Gasteiger partial charge in [-0.2, -0.15) is 0 Å². The molecule has 2 N–H and O–H groups in total. The van der Waals surface area contributed by atoms with E-state index in [4.69, 9.17) is 9.15 Å². The lowest BCUT2D eigenvalue weighted by Crippen LogP contribution is -2.33. The first kappa shape index (κ1) is 25.3. The number of H-pyrrole nitrogens is 1. The predicted octanol–water partition coefficient (Wildman–Crippen LogP) is 3.55. The molecule has 0 saturated carbocycles. The van der Waals surface area contributed by atoms with E-state index in [1.807, 2.05) is 0 Å². The van der Waals surface area contributed by atoms with Gasteiger partial charge in [-0.3, -0.25) is 9.59 Å². The second kappa shape index (κ2) is 10.7. The number of esters is 1. The molecule has 0 spiro atoms. The third kappa shape index (κ3) is 4.65. The number of nitrogens with one attached hydrogen (secondary N) is 1. The normalized spacial score (nSPS) is 17.7. The smallest absolute Gasteiger partial charge is 0.355 e. The Morgan fingerprint density at radius 3 is 2.53 bits per heavy atom. The first-order chi connectivity index (χ1) is 16.3. The highest BCUT2D eigenvalue weighted by Gasteiger charge is 2.47. The van der Waals surface area contributed by atoms with Gasteiger partial charge >= 0.3 is 5.97 Å². The van der Waals surface area contributed by atoms with E-state index in [1.165, 1.54) is 11.2 Å². The Kier molecular flexibility index (Phi) is 7.98. The molecule has 184 valence electrons. The molecule has 1 unspecified atom stereocenters. The van der Waals surface area contributed by atoms with E-state index in [0.29, 0.717) is 35.5 Å². The van der Waals surface area contributed by atoms with Crippen molar-refractivity contribution in [3.8, 4) is 0 Å². The maximum Gasteiger partial charge on any atom is 0.355 e. The van der Waals surface area contributed by atoms with Gasteiger partial charge in [-0.05, 0) is 64.5 Å². The van der Waals surface area contributed by atoms with Gasteiger partial charge in [0.1, 0.15) is 23.3 Å². The van der Waals surface area contributed by atoms with Gasteiger partial charge in [-0.25, -0.2) is 4.79 Å². The molecule has 34 heavy (non-hydrogen) atoms. The fourth-order valence-corrected chi connectivity index (χ4v) is 4.51. The average Bonchev–Trinajstić information content (AvgIpc) is 3.50. The molecule has 0 bridgehead atoms. The maximum atomic E-state index is 13.1. The molecule has 1 saturated heterocycles. The summed E-state index contributed by atoms with van der Waals surface area (Å²) < 4.78 is 10.7. The Hall–Kier alpha value is -3.33. The third-order valence-corrected chi connectivity index (χ3v) is 6.27. The monoisotopic (exact) mass is 471 g/mol. The van der Waals surface area contributed by atoms with Gasteiger partial charge in [0.15, 0.2) is 0 Å². The number of nitrogens with zero attached hydrogens (tertiary/aromatic N) is 2.